The van der Waals surface area contributed by atoms with Gasteiger partial charge in [-0.25, -0.2) is 9.18 Å². The molecule has 0 spiro atoms. The van der Waals surface area contributed by atoms with Crippen LogP contribution in [0.4, 0.5) is 4.39 Å². The Bertz CT molecular complexity index is 970. The van der Waals surface area contributed by atoms with Gasteiger partial charge in [-0.05, 0) is 38.2 Å². The van der Waals surface area contributed by atoms with Gasteiger partial charge in [0, 0.05) is 18.3 Å². The highest BCUT2D eigenvalue weighted by molar-refractivity contribution is 6.36. The third-order valence-electron chi connectivity index (χ3n) is 5.11. The molecule has 2 aliphatic carbocycles. The number of hydrogen-bond acceptors (Lipinski definition) is 4. The molecular weight excluding hydrogens is 363 g/mol. The quantitative estimate of drug-likeness (QED) is 0.849. The van der Waals surface area contributed by atoms with Crippen molar-refractivity contribution in [2.24, 2.45) is 5.73 Å². The number of nitrogens with two attached hydrogens (primary N) is 1. The van der Waals surface area contributed by atoms with Gasteiger partial charge in [-0.1, -0.05) is 11.6 Å². The number of halogens is 2. The van der Waals surface area contributed by atoms with Crippen LogP contribution in [0, 0.1) is 5.82 Å². The van der Waals surface area contributed by atoms with Crippen molar-refractivity contribution >= 4 is 28.5 Å². The normalized spacial score (nSPS) is 22.7. The van der Waals surface area contributed by atoms with Crippen molar-refractivity contribution < 1.29 is 19.0 Å². The van der Waals surface area contributed by atoms with E-state index in [9.17, 15) is 19.1 Å². The summed E-state index contributed by atoms with van der Waals surface area (Å²) in [5, 5.41) is 9.22. The van der Waals surface area contributed by atoms with Crippen molar-refractivity contribution in [2.45, 2.75) is 50.3 Å². The molecule has 4 rings (SSSR count). The Morgan fingerprint density at radius 3 is 2.65 bits per heavy atom. The fourth-order valence-electron chi connectivity index (χ4n) is 3.58. The number of pyridine rings is 1. The molecule has 2 unspecified atom stereocenters. The number of aromatic nitrogens is 1. The van der Waals surface area contributed by atoms with E-state index in [1.165, 1.54) is 6.20 Å². The summed E-state index contributed by atoms with van der Waals surface area (Å²) in [6, 6.07) is 0.868. The smallest absolute Gasteiger partial charge is 0.341 e. The van der Waals surface area contributed by atoms with Crippen molar-refractivity contribution in [3.05, 3.63) is 38.9 Å². The van der Waals surface area contributed by atoms with Gasteiger partial charge in [-0.3, -0.25) is 4.79 Å². The Hall–Kier alpha value is -2.12. The largest absolute Gasteiger partial charge is 0.484 e. The number of carboxylic acid groups (broad SMARTS) is 1. The average molecular weight is 381 g/mol. The van der Waals surface area contributed by atoms with Crippen LogP contribution in [-0.2, 0) is 0 Å². The highest BCUT2D eigenvalue weighted by Gasteiger charge is 2.32. The van der Waals surface area contributed by atoms with Gasteiger partial charge < -0.3 is 20.1 Å². The second-order valence-electron chi connectivity index (χ2n) is 6.96. The molecule has 26 heavy (non-hydrogen) atoms. The van der Waals surface area contributed by atoms with Crippen LogP contribution in [0.25, 0.3) is 10.9 Å². The van der Waals surface area contributed by atoms with Gasteiger partial charge in [-0.15, -0.1) is 0 Å². The van der Waals surface area contributed by atoms with E-state index in [4.69, 9.17) is 22.1 Å². The lowest BCUT2D eigenvalue weighted by Gasteiger charge is -2.21. The molecule has 1 aromatic heterocycles. The Labute approximate surface area is 153 Å². The van der Waals surface area contributed by atoms with Gasteiger partial charge in [0.2, 0.25) is 5.43 Å². The molecule has 138 valence electrons. The van der Waals surface area contributed by atoms with Crippen LogP contribution in [0.3, 0.4) is 0 Å². The minimum atomic E-state index is -1.35. The molecule has 2 aromatic rings. The zero-order chi connectivity index (χ0) is 18.6. The third kappa shape index (κ3) is 2.75. The van der Waals surface area contributed by atoms with Crippen LogP contribution >= 0.6 is 11.6 Å². The predicted octanol–water partition coefficient (Wildman–Crippen LogP) is 3.09. The first-order chi connectivity index (χ1) is 12.4. The van der Waals surface area contributed by atoms with E-state index in [2.05, 4.69) is 0 Å². The Kier molecular flexibility index (Phi) is 4.16. The molecule has 2 atom stereocenters. The van der Waals surface area contributed by atoms with E-state index in [0.717, 1.165) is 31.7 Å². The number of benzene rings is 1. The number of hydrogen-bond donors (Lipinski definition) is 2. The highest BCUT2D eigenvalue weighted by Crippen LogP contribution is 2.42. The minimum absolute atomic E-state index is 0.0139. The first kappa shape index (κ1) is 17.3. The summed E-state index contributed by atoms with van der Waals surface area (Å²) >= 11 is 6.44. The summed E-state index contributed by atoms with van der Waals surface area (Å²) in [5.74, 6) is -2.26. The first-order valence-electron chi connectivity index (χ1n) is 8.61. The molecule has 3 N–H and O–H groups in total. The van der Waals surface area contributed by atoms with Crippen LogP contribution in [-0.4, -0.2) is 27.8 Å². The molecular formula is C18H18ClFN2O4. The maximum Gasteiger partial charge on any atom is 0.341 e. The van der Waals surface area contributed by atoms with Gasteiger partial charge in [0.15, 0.2) is 11.6 Å². The zero-order valence-corrected chi connectivity index (χ0v) is 14.6. The molecule has 2 saturated carbocycles. The molecule has 8 heteroatoms. The predicted molar refractivity (Wildman–Crippen MR) is 94.6 cm³/mol. The number of aromatic carboxylic acids is 1. The second kappa shape index (κ2) is 6.25. The molecule has 2 fully saturated rings. The summed E-state index contributed by atoms with van der Waals surface area (Å²) in [5.41, 5.74) is 5.15. The van der Waals surface area contributed by atoms with E-state index >= 15 is 0 Å². The van der Waals surface area contributed by atoms with Gasteiger partial charge in [0.05, 0.1) is 10.9 Å². The maximum absolute atomic E-state index is 14.7. The SMILES string of the molecule is NC1CCCC1Oc1c(F)cc2c(=O)c(C(=O)O)cn(C3CC3)c2c1Cl. The number of nitrogens with zero attached hydrogens (tertiary/aromatic N) is 1. The Morgan fingerprint density at radius 1 is 1.35 bits per heavy atom. The Morgan fingerprint density at radius 2 is 2.08 bits per heavy atom. The number of ether oxygens (including phenoxy) is 1. The monoisotopic (exact) mass is 380 g/mol. The van der Waals surface area contributed by atoms with E-state index < -0.39 is 22.8 Å². The van der Waals surface area contributed by atoms with Crippen LogP contribution in [0.1, 0.15) is 48.5 Å². The fraction of sp³-hybridized carbons (Fsp3) is 0.444. The summed E-state index contributed by atoms with van der Waals surface area (Å²) < 4.78 is 22.1. The zero-order valence-electron chi connectivity index (χ0n) is 13.9. The summed E-state index contributed by atoms with van der Waals surface area (Å²) in [7, 11) is 0. The number of carbonyl (C=O) groups is 1. The minimum Gasteiger partial charge on any atom is -0.484 e. The maximum atomic E-state index is 14.7. The molecule has 0 aliphatic heterocycles. The second-order valence-corrected chi connectivity index (χ2v) is 7.34. The fourth-order valence-corrected chi connectivity index (χ4v) is 3.91. The van der Waals surface area contributed by atoms with E-state index in [1.807, 2.05) is 0 Å². The van der Waals surface area contributed by atoms with Crippen molar-refractivity contribution in [2.75, 3.05) is 0 Å². The van der Waals surface area contributed by atoms with E-state index in [-0.39, 0.29) is 34.3 Å². The van der Waals surface area contributed by atoms with Crippen LogP contribution in [0.2, 0.25) is 5.02 Å². The lowest BCUT2D eigenvalue weighted by Crippen LogP contribution is -2.34. The lowest BCUT2D eigenvalue weighted by molar-refractivity contribution is 0.0695. The molecule has 0 bridgehead atoms. The molecule has 6 nitrogen and oxygen atoms in total. The summed E-state index contributed by atoms with van der Waals surface area (Å²) in [6.07, 6.45) is 5.04. The van der Waals surface area contributed by atoms with Crippen LogP contribution in [0.5, 0.6) is 5.75 Å². The van der Waals surface area contributed by atoms with E-state index in [1.54, 1.807) is 4.57 Å². The topological polar surface area (TPSA) is 94.6 Å². The Balaban J connectivity index is 1.93. The molecule has 0 saturated heterocycles. The van der Waals surface area contributed by atoms with Crippen molar-refractivity contribution in [3.63, 3.8) is 0 Å². The van der Waals surface area contributed by atoms with Gasteiger partial charge in [0.25, 0.3) is 0 Å². The first-order valence-corrected chi connectivity index (χ1v) is 8.98. The highest BCUT2D eigenvalue weighted by atomic mass is 35.5. The summed E-state index contributed by atoms with van der Waals surface area (Å²) in [6.45, 7) is 0. The molecule has 1 heterocycles. The molecule has 0 amide bonds. The van der Waals surface area contributed by atoms with Gasteiger partial charge in [0.1, 0.15) is 16.7 Å². The number of fused-ring (bicyclic) bond motifs is 1. The summed E-state index contributed by atoms with van der Waals surface area (Å²) in [4.78, 5) is 23.9. The van der Waals surface area contributed by atoms with Gasteiger partial charge in [-0.2, -0.15) is 0 Å². The average Bonchev–Trinajstić information content (AvgIpc) is 3.35. The molecule has 1 aromatic carbocycles. The number of carboxylic acids is 1. The van der Waals surface area contributed by atoms with Crippen molar-refractivity contribution in [3.8, 4) is 5.75 Å². The van der Waals surface area contributed by atoms with Crippen molar-refractivity contribution in [1.82, 2.24) is 4.57 Å². The lowest BCUT2D eigenvalue weighted by atomic mass is 10.1. The van der Waals surface area contributed by atoms with Crippen molar-refractivity contribution in [1.29, 1.82) is 0 Å². The standard InChI is InChI=1S/C18H18ClFN2O4/c19-14-15-9(6-11(20)17(14)26-13-3-1-2-12(13)21)16(23)10(18(24)25)7-22(15)8-4-5-8/h6-8,12-13H,1-5,21H2,(H,24,25). The number of rotatable bonds is 4. The molecule has 2 aliphatic rings. The van der Waals surface area contributed by atoms with Crippen LogP contribution < -0.4 is 15.9 Å². The third-order valence-corrected chi connectivity index (χ3v) is 5.46. The van der Waals surface area contributed by atoms with Gasteiger partial charge >= 0.3 is 5.97 Å². The van der Waals surface area contributed by atoms with E-state index in [0.29, 0.717) is 11.9 Å². The molecule has 0 radical (unpaired) electrons. The van der Waals surface area contributed by atoms with Crippen LogP contribution in [0.15, 0.2) is 17.1 Å².